The van der Waals surface area contributed by atoms with Crippen LogP contribution < -0.4 is 16.6 Å². The van der Waals surface area contributed by atoms with Gasteiger partial charge in [0.15, 0.2) is 5.13 Å². The Kier molecular flexibility index (Phi) is 3.70. The number of carbonyl (C=O) groups is 1. The molecule has 8 heteroatoms. The van der Waals surface area contributed by atoms with Crippen LogP contribution in [0.5, 0.6) is 0 Å². The van der Waals surface area contributed by atoms with Gasteiger partial charge in [-0.15, -0.1) is 0 Å². The number of hydrogen-bond acceptors (Lipinski definition) is 6. The summed E-state index contributed by atoms with van der Waals surface area (Å²) in [5.41, 5.74) is 3.63. The molecule has 21 heavy (non-hydrogen) atoms. The second kappa shape index (κ2) is 5.65. The molecule has 0 atom stereocenters. The van der Waals surface area contributed by atoms with E-state index in [4.69, 9.17) is 17.4 Å². The molecule has 3 aromatic rings. The van der Waals surface area contributed by atoms with Crippen LogP contribution in [0.25, 0.3) is 10.2 Å². The molecule has 0 spiro atoms. The van der Waals surface area contributed by atoms with Crippen LogP contribution in [0.1, 0.15) is 10.4 Å². The number of anilines is 2. The summed E-state index contributed by atoms with van der Waals surface area (Å²) in [6.45, 7) is 0. The highest BCUT2D eigenvalue weighted by molar-refractivity contribution is 7.22. The highest BCUT2D eigenvalue weighted by atomic mass is 35.5. The van der Waals surface area contributed by atoms with Gasteiger partial charge in [0.25, 0.3) is 5.91 Å². The molecule has 0 saturated heterocycles. The number of nitrogens with two attached hydrogens (primary N) is 1. The number of pyridine rings is 1. The predicted molar refractivity (Wildman–Crippen MR) is 84.6 cm³/mol. The van der Waals surface area contributed by atoms with Gasteiger partial charge in [0, 0.05) is 16.8 Å². The highest BCUT2D eigenvalue weighted by Crippen LogP contribution is 2.28. The average molecular weight is 320 g/mol. The Morgan fingerprint density at radius 1 is 1.29 bits per heavy atom. The van der Waals surface area contributed by atoms with Crippen molar-refractivity contribution in [3.05, 3.63) is 47.1 Å². The topological polar surface area (TPSA) is 92.9 Å². The van der Waals surface area contributed by atoms with E-state index < -0.39 is 0 Å². The summed E-state index contributed by atoms with van der Waals surface area (Å²) in [5.74, 6) is 5.41. The van der Waals surface area contributed by atoms with Crippen molar-refractivity contribution in [3.8, 4) is 0 Å². The second-order valence-electron chi connectivity index (χ2n) is 4.16. The molecule has 0 unspecified atom stereocenters. The molecule has 106 valence electrons. The van der Waals surface area contributed by atoms with Crippen molar-refractivity contribution >= 4 is 50.0 Å². The Labute approximate surface area is 128 Å². The number of fused-ring (bicyclic) bond motifs is 1. The number of hydrogen-bond donors (Lipinski definition) is 3. The normalized spacial score (nSPS) is 10.6. The zero-order valence-corrected chi connectivity index (χ0v) is 12.2. The van der Waals surface area contributed by atoms with E-state index in [2.05, 4.69) is 20.7 Å². The minimum Gasteiger partial charge on any atom is -0.308 e. The molecule has 1 aromatic carbocycles. The summed E-state index contributed by atoms with van der Waals surface area (Å²) in [4.78, 5) is 20.4. The predicted octanol–water partition coefficient (Wildman–Crippen LogP) is 2.88. The van der Waals surface area contributed by atoms with Gasteiger partial charge in [-0.05, 0) is 30.3 Å². The van der Waals surface area contributed by atoms with Crippen LogP contribution in [-0.2, 0) is 0 Å². The Bertz CT molecular complexity index is 819. The maximum Gasteiger partial charge on any atom is 0.257 e. The number of nitrogen functional groups attached to an aromatic ring is 1. The van der Waals surface area contributed by atoms with Crippen LogP contribution in [-0.4, -0.2) is 15.9 Å². The molecule has 2 aromatic heterocycles. The fourth-order valence-corrected chi connectivity index (χ4v) is 2.91. The van der Waals surface area contributed by atoms with E-state index >= 15 is 0 Å². The van der Waals surface area contributed by atoms with Gasteiger partial charge in [0.1, 0.15) is 5.82 Å². The Hall–Kier alpha value is -2.22. The van der Waals surface area contributed by atoms with Crippen molar-refractivity contribution in [3.63, 3.8) is 0 Å². The van der Waals surface area contributed by atoms with Crippen LogP contribution in [0.2, 0.25) is 5.02 Å². The maximum atomic E-state index is 12.2. The third-order valence-electron chi connectivity index (χ3n) is 2.74. The molecule has 0 radical (unpaired) electrons. The molecule has 0 fully saturated rings. The molecule has 2 heterocycles. The lowest BCUT2D eigenvalue weighted by atomic mass is 10.2. The van der Waals surface area contributed by atoms with Gasteiger partial charge in [-0.1, -0.05) is 22.9 Å². The Morgan fingerprint density at radius 3 is 2.95 bits per heavy atom. The summed E-state index contributed by atoms with van der Waals surface area (Å²) in [6, 6.07) is 8.54. The number of carbonyl (C=O) groups excluding carboxylic acids is 1. The SMILES string of the molecule is NNc1cc(C(=O)Nc2nc3ccc(Cl)cc3s2)ccn1. The van der Waals surface area contributed by atoms with Crippen molar-refractivity contribution in [1.82, 2.24) is 9.97 Å². The van der Waals surface area contributed by atoms with Crippen molar-refractivity contribution in [2.75, 3.05) is 10.7 Å². The van der Waals surface area contributed by atoms with Crippen LogP contribution in [0.3, 0.4) is 0 Å². The molecular weight excluding hydrogens is 310 g/mol. The molecule has 0 aliphatic carbocycles. The summed E-state index contributed by atoms with van der Waals surface area (Å²) in [7, 11) is 0. The standard InChI is InChI=1S/C13H10ClN5OS/c14-8-1-2-9-10(6-8)21-13(17-9)18-12(20)7-3-4-16-11(5-7)19-15/h1-6H,15H2,(H,16,19)(H,17,18,20). The molecule has 0 aliphatic heterocycles. The largest absolute Gasteiger partial charge is 0.308 e. The zero-order chi connectivity index (χ0) is 14.8. The van der Waals surface area contributed by atoms with Gasteiger partial charge in [0.2, 0.25) is 0 Å². The van der Waals surface area contributed by atoms with Gasteiger partial charge in [-0.3, -0.25) is 10.1 Å². The Morgan fingerprint density at radius 2 is 2.14 bits per heavy atom. The number of thiazole rings is 1. The minimum atomic E-state index is -0.279. The number of rotatable bonds is 3. The lowest BCUT2D eigenvalue weighted by Crippen LogP contribution is -2.14. The van der Waals surface area contributed by atoms with E-state index in [1.807, 2.05) is 12.1 Å². The number of hydrazine groups is 1. The fraction of sp³-hybridized carbons (Fsp3) is 0. The van der Waals surface area contributed by atoms with Gasteiger partial charge < -0.3 is 5.43 Å². The molecule has 6 nitrogen and oxygen atoms in total. The second-order valence-corrected chi connectivity index (χ2v) is 5.63. The van der Waals surface area contributed by atoms with Crippen LogP contribution in [0, 0.1) is 0 Å². The number of nitrogens with one attached hydrogen (secondary N) is 2. The van der Waals surface area contributed by atoms with Crippen LogP contribution >= 0.6 is 22.9 Å². The smallest absolute Gasteiger partial charge is 0.257 e. The Balaban J connectivity index is 1.85. The van der Waals surface area contributed by atoms with Crippen molar-refractivity contribution in [2.24, 2.45) is 5.84 Å². The first-order valence-corrected chi connectivity index (χ1v) is 7.15. The zero-order valence-electron chi connectivity index (χ0n) is 10.6. The third-order valence-corrected chi connectivity index (χ3v) is 3.91. The van der Waals surface area contributed by atoms with Crippen LogP contribution in [0.4, 0.5) is 10.9 Å². The number of halogens is 1. The van der Waals surface area contributed by atoms with Crippen molar-refractivity contribution in [1.29, 1.82) is 0 Å². The highest BCUT2D eigenvalue weighted by Gasteiger charge is 2.11. The summed E-state index contributed by atoms with van der Waals surface area (Å²) in [6.07, 6.45) is 1.50. The molecule has 0 aliphatic rings. The maximum absolute atomic E-state index is 12.2. The van der Waals surface area contributed by atoms with Gasteiger partial charge >= 0.3 is 0 Å². The molecular formula is C13H10ClN5OS. The number of benzene rings is 1. The van der Waals surface area contributed by atoms with Crippen molar-refractivity contribution in [2.45, 2.75) is 0 Å². The first-order valence-electron chi connectivity index (χ1n) is 5.96. The van der Waals surface area contributed by atoms with Gasteiger partial charge in [-0.2, -0.15) is 0 Å². The van der Waals surface area contributed by atoms with E-state index in [-0.39, 0.29) is 5.91 Å². The lowest BCUT2D eigenvalue weighted by Gasteiger charge is -2.03. The number of amides is 1. The van der Waals surface area contributed by atoms with E-state index in [1.165, 1.54) is 17.5 Å². The number of aromatic nitrogens is 2. The average Bonchev–Trinajstić information content (AvgIpc) is 2.88. The first kappa shape index (κ1) is 13.7. The molecule has 0 bridgehead atoms. The number of nitrogens with zero attached hydrogens (tertiary/aromatic N) is 2. The third kappa shape index (κ3) is 2.94. The fourth-order valence-electron chi connectivity index (χ4n) is 1.77. The first-order chi connectivity index (χ1) is 10.2. The summed E-state index contributed by atoms with van der Waals surface area (Å²) >= 11 is 7.29. The molecule has 3 rings (SSSR count). The van der Waals surface area contributed by atoms with Crippen molar-refractivity contribution < 1.29 is 4.79 Å². The monoisotopic (exact) mass is 319 g/mol. The van der Waals surface area contributed by atoms with E-state index in [0.717, 1.165) is 10.2 Å². The van der Waals surface area contributed by atoms with E-state index in [0.29, 0.717) is 21.5 Å². The van der Waals surface area contributed by atoms with E-state index in [1.54, 1.807) is 18.2 Å². The molecule has 4 N–H and O–H groups in total. The van der Waals surface area contributed by atoms with Gasteiger partial charge in [-0.25, -0.2) is 15.8 Å². The summed E-state index contributed by atoms with van der Waals surface area (Å²) in [5, 5.41) is 3.89. The molecule has 0 saturated carbocycles. The van der Waals surface area contributed by atoms with Gasteiger partial charge in [0.05, 0.1) is 10.2 Å². The van der Waals surface area contributed by atoms with E-state index in [9.17, 15) is 4.79 Å². The molecule has 1 amide bonds. The summed E-state index contributed by atoms with van der Waals surface area (Å²) < 4.78 is 0.914. The lowest BCUT2D eigenvalue weighted by molar-refractivity contribution is 0.102. The quantitative estimate of drug-likeness (QED) is 0.510. The minimum absolute atomic E-state index is 0.279. The van der Waals surface area contributed by atoms with Crippen LogP contribution in [0.15, 0.2) is 36.5 Å².